The van der Waals surface area contributed by atoms with Crippen LogP contribution in [0.5, 0.6) is 0 Å². The van der Waals surface area contributed by atoms with Crippen LogP contribution in [0.15, 0.2) is 18.2 Å². The van der Waals surface area contributed by atoms with Gasteiger partial charge in [-0.3, -0.25) is 0 Å². The minimum atomic E-state index is 0.663. The van der Waals surface area contributed by atoms with Crippen LogP contribution in [0.3, 0.4) is 0 Å². The van der Waals surface area contributed by atoms with Gasteiger partial charge in [0.05, 0.1) is 11.0 Å². The maximum absolute atomic E-state index is 5.97. The quantitative estimate of drug-likeness (QED) is 0.892. The molecule has 1 aliphatic rings. The van der Waals surface area contributed by atoms with E-state index in [4.69, 9.17) is 11.6 Å². The standard InChI is InChI=1S/C14H18ClN3/c15-10-4-6-12-13(9-10)18-14(17-12)7-5-11-3-1-2-8-16-11/h4,6,9,11,16H,1-3,5,7-8H2,(H,17,18). The van der Waals surface area contributed by atoms with Crippen molar-refractivity contribution in [2.75, 3.05) is 6.54 Å². The number of halogens is 1. The third-order valence-electron chi connectivity index (χ3n) is 3.63. The summed E-state index contributed by atoms with van der Waals surface area (Å²) in [5.74, 6) is 1.07. The molecule has 1 fully saturated rings. The van der Waals surface area contributed by atoms with Gasteiger partial charge in [-0.05, 0) is 44.0 Å². The molecule has 1 unspecified atom stereocenters. The second kappa shape index (κ2) is 5.29. The van der Waals surface area contributed by atoms with Crippen molar-refractivity contribution in [3.8, 4) is 0 Å². The lowest BCUT2D eigenvalue weighted by Crippen LogP contribution is -2.34. The van der Waals surface area contributed by atoms with Gasteiger partial charge in [-0.25, -0.2) is 4.98 Å². The predicted octanol–water partition coefficient (Wildman–Crippen LogP) is 3.29. The number of hydrogen-bond donors (Lipinski definition) is 2. The van der Waals surface area contributed by atoms with Crippen LogP contribution in [0.4, 0.5) is 0 Å². The van der Waals surface area contributed by atoms with Gasteiger partial charge in [0.25, 0.3) is 0 Å². The van der Waals surface area contributed by atoms with Crippen molar-refractivity contribution < 1.29 is 0 Å². The number of aromatic nitrogens is 2. The van der Waals surface area contributed by atoms with Gasteiger partial charge in [0, 0.05) is 17.5 Å². The minimum Gasteiger partial charge on any atom is -0.342 e. The number of imidazole rings is 1. The van der Waals surface area contributed by atoms with E-state index in [0.717, 1.165) is 34.7 Å². The minimum absolute atomic E-state index is 0.663. The van der Waals surface area contributed by atoms with Crippen LogP contribution < -0.4 is 5.32 Å². The average Bonchev–Trinajstić information content (AvgIpc) is 2.79. The summed E-state index contributed by atoms with van der Waals surface area (Å²) in [5.41, 5.74) is 2.04. The molecule has 0 spiro atoms. The summed E-state index contributed by atoms with van der Waals surface area (Å²) in [6.07, 6.45) is 6.14. The average molecular weight is 264 g/mol. The van der Waals surface area contributed by atoms with Crippen LogP contribution >= 0.6 is 11.6 Å². The highest BCUT2D eigenvalue weighted by Crippen LogP contribution is 2.18. The van der Waals surface area contributed by atoms with Crippen molar-refractivity contribution in [3.63, 3.8) is 0 Å². The Labute approximate surface area is 112 Å². The number of fused-ring (bicyclic) bond motifs is 1. The van der Waals surface area contributed by atoms with Gasteiger partial charge in [0.15, 0.2) is 0 Å². The van der Waals surface area contributed by atoms with Gasteiger partial charge < -0.3 is 10.3 Å². The van der Waals surface area contributed by atoms with Crippen molar-refractivity contribution in [1.82, 2.24) is 15.3 Å². The fourth-order valence-corrected chi connectivity index (χ4v) is 2.81. The molecule has 0 aliphatic carbocycles. The SMILES string of the molecule is Clc1ccc2nc(CCC3CCCCN3)[nH]c2c1. The number of aryl methyl sites for hydroxylation is 1. The molecular formula is C14H18ClN3. The summed E-state index contributed by atoms with van der Waals surface area (Å²) >= 11 is 5.97. The largest absolute Gasteiger partial charge is 0.342 e. The molecule has 0 amide bonds. The van der Waals surface area contributed by atoms with Gasteiger partial charge in [0.1, 0.15) is 5.82 Å². The number of H-pyrrole nitrogens is 1. The van der Waals surface area contributed by atoms with Gasteiger partial charge in [0.2, 0.25) is 0 Å². The summed E-state index contributed by atoms with van der Waals surface area (Å²) in [5, 5.41) is 4.33. The van der Waals surface area contributed by atoms with Crippen LogP contribution in [-0.4, -0.2) is 22.6 Å². The Kier molecular flexibility index (Phi) is 3.52. The highest BCUT2D eigenvalue weighted by molar-refractivity contribution is 6.31. The highest BCUT2D eigenvalue weighted by atomic mass is 35.5. The molecule has 2 heterocycles. The summed E-state index contributed by atoms with van der Waals surface area (Å²) in [4.78, 5) is 7.95. The Morgan fingerprint density at radius 3 is 3.11 bits per heavy atom. The Morgan fingerprint density at radius 1 is 1.33 bits per heavy atom. The van der Waals surface area contributed by atoms with Crippen LogP contribution in [0, 0.1) is 0 Å². The molecule has 4 heteroatoms. The van der Waals surface area contributed by atoms with E-state index in [-0.39, 0.29) is 0 Å². The van der Waals surface area contributed by atoms with E-state index < -0.39 is 0 Å². The summed E-state index contributed by atoms with van der Waals surface area (Å²) in [7, 11) is 0. The first-order valence-corrected chi connectivity index (χ1v) is 7.06. The molecule has 2 aromatic rings. The van der Waals surface area contributed by atoms with E-state index in [2.05, 4.69) is 15.3 Å². The number of piperidine rings is 1. The molecular weight excluding hydrogens is 246 g/mol. The third-order valence-corrected chi connectivity index (χ3v) is 3.87. The highest BCUT2D eigenvalue weighted by Gasteiger charge is 2.13. The van der Waals surface area contributed by atoms with Gasteiger partial charge >= 0.3 is 0 Å². The number of hydrogen-bond acceptors (Lipinski definition) is 2. The Morgan fingerprint density at radius 2 is 2.28 bits per heavy atom. The van der Waals surface area contributed by atoms with E-state index in [1.165, 1.54) is 25.8 Å². The maximum atomic E-state index is 5.97. The molecule has 1 saturated heterocycles. The zero-order valence-electron chi connectivity index (χ0n) is 10.4. The molecule has 2 N–H and O–H groups in total. The molecule has 18 heavy (non-hydrogen) atoms. The normalized spacial score (nSPS) is 20.4. The second-order valence-electron chi connectivity index (χ2n) is 5.03. The lowest BCUT2D eigenvalue weighted by molar-refractivity contribution is 0.381. The first kappa shape index (κ1) is 12.0. The van der Waals surface area contributed by atoms with Crippen LogP contribution in [-0.2, 0) is 6.42 Å². The number of rotatable bonds is 3. The topological polar surface area (TPSA) is 40.7 Å². The molecule has 1 aromatic carbocycles. The van der Waals surface area contributed by atoms with Crippen molar-refractivity contribution in [2.45, 2.75) is 38.1 Å². The Bertz CT molecular complexity index is 529. The van der Waals surface area contributed by atoms with Gasteiger partial charge in [-0.2, -0.15) is 0 Å². The van der Waals surface area contributed by atoms with Gasteiger partial charge in [-0.1, -0.05) is 18.0 Å². The predicted molar refractivity (Wildman–Crippen MR) is 75.1 cm³/mol. The summed E-state index contributed by atoms with van der Waals surface area (Å²) < 4.78 is 0. The third kappa shape index (κ3) is 2.68. The van der Waals surface area contributed by atoms with Crippen LogP contribution in [0.2, 0.25) is 5.02 Å². The zero-order valence-corrected chi connectivity index (χ0v) is 11.1. The maximum Gasteiger partial charge on any atom is 0.107 e. The zero-order chi connectivity index (χ0) is 12.4. The van der Waals surface area contributed by atoms with E-state index in [1.807, 2.05) is 18.2 Å². The number of nitrogens with one attached hydrogen (secondary N) is 2. The van der Waals surface area contributed by atoms with Crippen LogP contribution in [0.25, 0.3) is 11.0 Å². The summed E-state index contributed by atoms with van der Waals surface area (Å²) in [6, 6.07) is 6.45. The molecule has 3 nitrogen and oxygen atoms in total. The van der Waals surface area contributed by atoms with Crippen molar-refractivity contribution in [1.29, 1.82) is 0 Å². The molecule has 1 aliphatic heterocycles. The fraction of sp³-hybridized carbons (Fsp3) is 0.500. The second-order valence-corrected chi connectivity index (χ2v) is 5.47. The first-order valence-electron chi connectivity index (χ1n) is 6.69. The fourth-order valence-electron chi connectivity index (χ4n) is 2.63. The lowest BCUT2D eigenvalue weighted by Gasteiger charge is -2.22. The number of aromatic amines is 1. The molecule has 3 rings (SSSR count). The molecule has 96 valence electrons. The molecule has 0 bridgehead atoms. The van der Waals surface area contributed by atoms with Crippen molar-refractivity contribution in [2.24, 2.45) is 0 Å². The molecule has 0 saturated carbocycles. The van der Waals surface area contributed by atoms with Gasteiger partial charge in [-0.15, -0.1) is 0 Å². The van der Waals surface area contributed by atoms with E-state index in [9.17, 15) is 0 Å². The molecule has 0 radical (unpaired) electrons. The van der Waals surface area contributed by atoms with E-state index in [0.29, 0.717) is 6.04 Å². The van der Waals surface area contributed by atoms with Crippen molar-refractivity contribution >= 4 is 22.6 Å². The summed E-state index contributed by atoms with van der Waals surface area (Å²) in [6.45, 7) is 1.17. The Hall–Kier alpha value is -1.06. The monoisotopic (exact) mass is 263 g/mol. The van der Waals surface area contributed by atoms with Crippen LogP contribution in [0.1, 0.15) is 31.5 Å². The first-order chi connectivity index (χ1) is 8.81. The smallest absolute Gasteiger partial charge is 0.107 e. The Balaban J connectivity index is 1.67. The lowest BCUT2D eigenvalue weighted by atomic mass is 10.0. The number of nitrogens with zero attached hydrogens (tertiary/aromatic N) is 1. The van der Waals surface area contributed by atoms with E-state index in [1.54, 1.807) is 0 Å². The van der Waals surface area contributed by atoms with Crippen molar-refractivity contribution in [3.05, 3.63) is 29.0 Å². The molecule has 1 aromatic heterocycles. The number of benzene rings is 1. The molecule has 1 atom stereocenters. The van der Waals surface area contributed by atoms with E-state index >= 15 is 0 Å².